The normalized spacial score (nSPS) is 13.3. The Hall–Kier alpha value is -4.48. The molecule has 0 bridgehead atoms. The summed E-state index contributed by atoms with van der Waals surface area (Å²) in [6.07, 6.45) is 7.35. The molecule has 11 heteroatoms. The van der Waals surface area contributed by atoms with Crippen molar-refractivity contribution in [3.8, 4) is 11.5 Å². The van der Waals surface area contributed by atoms with Crippen LogP contribution in [-0.2, 0) is 11.3 Å². The van der Waals surface area contributed by atoms with Gasteiger partial charge in [0.15, 0.2) is 0 Å². The lowest BCUT2D eigenvalue weighted by Gasteiger charge is -2.35. The number of aryl methyl sites for hydroxylation is 1. The maximum absolute atomic E-state index is 13.1. The molecule has 3 amide bonds. The number of hydrogen-bond acceptors (Lipinski definition) is 8. The summed E-state index contributed by atoms with van der Waals surface area (Å²) < 4.78 is 11.8. The van der Waals surface area contributed by atoms with E-state index in [2.05, 4.69) is 34.6 Å². The number of likely N-dealkylation sites (tertiary alicyclic amines) is 1. The molecule has 4 N–H and O–H groups in total. The van der Waals surface area contributed by atoms with Crippen molar-refractivity contribution in [1.82, 2.24) is 20.1 Å². The van der Waals surface area contributed by atoms with Gasteiger partial charge in [-0.2, -0.15) is 0 Å². The minimum Gasteiger partial charge on any atom is -0.493 e. The molecule has 2 aromatic carbocycles. The molecule has 2 heterocycles. The molecule has 1 aliphatic heterocycles. The Labute approximate surface area is 284 Å². The number of nitrogens with zero attached hydrogens (tertiary/aromatic N) is 3. The number of pyridine rings is 1. The number of anilines is 1. The van der Waals surface area contributed by atoms with Gasteiger partial charge >= 0.3 is 0 Å². The topological polar surface area (TPSA) is 139 Å². The smallest absolute Gasteiger partial charge is 0.257 e. The third-order valence-corrected chi connectivity index (χ3v) is 8.48. The fourth-order valence-electron chi connectivity index (χ4n) is 5.55. The first-order valence-electron chi connectivity index (χ1n) is 16.9. The third kappa shape index (κ3) is 11.1. The zero-order valence-corrected chi connectivity index (χ0v) is 28.5. The van der Waals surface area contributed by atoms with Crippen molar-refractivity contribution in [2.45, 2.75) is 64.5 Å². The van der Waals surface area contributed by atoms with Crippen LogP contribution in [-0.4, -0.2) is 85.5 Å². The van der Waals surface area contributed by atoms with E-state index in [4.69, 9.17) is 15.2 Å². The highest BCUT2D eigenvalue weighted by atomic mass is 16.5. The number of nitrogens with one attached hydrogen (secondary N) is 2. The highest BCUT2D eigenvalue weighted by Crippen LogP contribution is 2.27. The van der Waals surface area contributed by atoms with Crippen molar-refractivity contribution in [3.05, 3.63) is 83.2 Å². The lowest BCUT2D eigenvalue weighted by atomic mass is 10.0. The van der Waals surface area contributed by atoms with E-state index in [0.717, 1.165) is 50.8 Å². The molecule has 48 heavy (non-hydrogen) atoms. The van der Waals surface area contributed by atoms with Crippen molar-refractivity contribution in [2.75, 3.05) is 52.3 Å². The molecule has 11 nitrogen and oxygen atoms in total. The SMILES string of the molecule is Cc1ccc(NC(=O)c2ccc(CNC(=O)c3ccccc3OCCCN)nc2)c(OCCCCCC(=O)N2CCC(N(C)C)CC2)c1. The number of benzene rings is 2. The maximum Gasteiger partial charge on any atom is 0.257 e. The van der Waals surface area contributed by atoms with E-state index in [0.29, 0.717) is 72.6 Å². The molecule has 258 valence electrons. The summed E-state index contributed by atoms with van der Waals surface area (Å²) in [7, 11) is 4.20. The van der Waals surface area contributed by atoms with Crippen molar-refractivity contribution in [2.24, 2.45) is 5.73 Å². The quantitative estimate of drug-likeness (QED) is 0.176. The molecule has 1 aromatic heterocycles. The fraction of sp³-hybridized carbons (Fsp3) is 0.459. The minimum absolute atomic E-state index is 0.192. The second-order valence-corrected chi connectivity index (χ2v) is 12.4. The molecule has 4 rings (SSSR count). The Balaban J connectivity index is 1.21. The number of amides is 3. The summed E-state index contributed by atoms with van der Waals surface area (Å²) in [6, 6.07) is 16.7. The number of carbonyl (C=O) groups excluding carboxylic acids is 3. The van der Waals surface area contributed by atoms with Crippen molar-refractivity contribution >= 4 is 23.4 Å². The Morgan fingerprint density at radius 3 is 2.40 bits per heavy atom. The molecular formula is C37H50N6O5. The second kappa shape index (κ2) is 18.8. The lowest BCUT2D eigenvalue weighted by molar-refractivity contribution is -0.132. The largest absolute Gasteiger partial charge is 0.493 e. The molecule has 1 aliphatic rings. The first-order chi connectivity index (χ1) is 23.2. The van der Waals surface area contributed by atoms with E-state index in [9.17, 15) is 14.4 Å². The van der Waals surface area contributed by atoms with Crippen LogP contribution in [0, 0.1) is 6.92 Å². The van der Waals surface area contributed by atoms with Gasteiger partial charge in [-0.3, -0.25) is 19.4 Å². The average molecular weight is 659 g/mol. The van der Waals surface area contributed by atoms with Crippen LogP contribution in [0.5, 0.6) is 11.5 Å². The number of hydrogen-bond donors (Lipinski definition) is 3. The van der Waals surface area contributed by atoms with Crippen LogP contribution in [0.3, 0.4) is 0 Å². The Bertz CT molecular complexity index is 1490. The highest BCUT2D eigenvalue weighted by Gasteiger charge is 2.23. The summed E-state index contributed by atoms with van der Waals surface area (Å²) in [6.45, 7) is 5.28. The lowest BCUT2D eigenvalue weighted by Crippen LogP contribution is -2.44. The fourth-order valence-corrected chi connectivity index (χ4v) is 5.55. The number of nitrogens with two attached hydrogens (primary N) is 1. The van der Waals surface area contributed by atoms with Crippen LogP contribution < -0.4 is 25.8 Å². The van der Waals surface area contributed by atoms with Crippen molar-refractivity contribution < 1.29 is 23.9 Å². The minimum atomic E-state index is -0.316. The first-order valence-corrected chi connectivity index (χ1v) is 16.9. The van der Waals surface area contributed by atoms with Crippen LogP contribution in [0.2, 0.25) is 0 Å². The number of aromatic nitrogens is 1. The Kier molecular flexibility index (Phi) is 14.2. The second-order valence-electron chi connectivity index (χ2n) is 12.4. The summed E-state index contributed by atoms with van der Waals surface area (Å²) in [5, 5.41) is 5.80. The maximum atomic E-state index is 13.1. The highest BCUT2D eigenvalue weighted by molar-refractivity contribution is 6.04. The molecule has 1 saturated heterocycles. The van der Waals surface area contributed by atoms with E-state index >= 15 is 0 Å². The van der Waals surface area contributed by atoms with E-state index in [-0.39, 0.29) is 24.3 Å². The van der Waals surface area contributed by atoms with Gasteiger partial charge in [0, 0.05) is 31.7 Å². The van der Waals surface area contributed by atoms with Gasteiger partial charge in [-0.1, -0.05) is 18.2 Å². The summed E-state index contributed by atoms with van der Waals surface area (Å²) in [5.41, 5.74) is 8.55. The summed E-state index contributed by atoms with van der Waals surface area (Å²) in [5.74, 6) is 0.750. The van der Waals surface area contributed by atoms with Crippen molar-refractivity contribution in [1.29, 1.82) is 0 Å². The van der Waals surface area contributed by atoms with Gasteiger partial charge < -0.3 is 35.6 Å². The van der Waals surface area contributed by atoms with Gasteiger partial charge in [-0.05, 0) is 108 Å². The molecule has 0 atom stereocenters. The first kappa shape index (κ1) is 36.4. The predicted molar refractivity (Wildman–Crippen MR) is 187 cm³/mol. The van der Waals surface area contributed by atoms with Gasteiger partial charge in [-0.25, -0.2) is 0 Å². The molecule has 0 aliphatic carbocycles. The summed E-state index contributed by atoms with van der Waals surface area (Å²) in [4.78, 5) is 47.1. The molecule has 0 unspecified atom stereocenters. The monoisotopic (exact) mass is 658 g/mol. The molecule has 1 fully saturated rings. The number of rotatable bonds is 17. The van der Waals surface area contributed by atoms with Crippen LogP contribution in [0.1, 0.15) is 76.9 Å². The van der Waals surface area contributed by atoms with Crippen LogP contribution in [0.15, 0.2) is 60.8 Å². The third-order valence-electron chi connectivity index (χ3n) is 8.48. The van der Waals surface area contributed by atoms with Gasteiger partial charge in [0.05, 0.1) is 42.3 Å². The summed E-state index contributed by atoms with van der Waals surface area (Å²) >= 11 is 0. The van der Waals surface area contributed by atoms with E-state index in [1.165, 1.54) is 6.20 Å². The Morgan fingerprint density at radius 1 is 0.917 bits per heavy atom. The van der Waals surface area contributed by atoms with Crippen molar-refractivity contribution in [3.63, 3.8) is 0 Å². The number of piperidine rings is 1. The molecule has 3 aromatic rings. The van der Waals surface area contributed by atoms with E-state index in [1.807, 2.05) is 36.1 Å². The Morgan fingerprint density at radius 2 is 1.67 bits per heavy atom. The number of unbranched alkanes of at least 4 members (excludes halogenated alkanes) is 2. The van der Waals surface area contributed by atoms with Gasteiger partial charge in [0.25, 0.3) is 11.8 Å². The van der Waals surface area contributed by atoms with Gasteiger partial charge in [-0.15, -0.1) is 0 Å². The van der Waals surface area contributed by atoms with Crippen LogP contribution >= 0.6 is 0 Å². The van der Waals surface area contributed by atoms with Gasteiger partial charge in [0.1, 0.15) is 11.5 Å². The standard InChI is InChI=1S/C37H50N6O5/c1-27-13-16-32(34(24-27)48-22-8-4-5-12-35(44)43-20-17-30(18-21-43)42(2)3)41-36(45)28-14-15-29(39-25-28)26-40-37(46)31-10-6-7-11-33(31)47-23-9-19-38/h6-7,10-11,13-16,24-25,30H,4-5,8-9,12,17-23,26,38H2,1-3H3,(H,40,46)(H,41,45). The van der Waals surface area contributed by atoms with Crippen LogP contribution in [0.25, 0.3) is 0 Å². The van der Waals surface area contributed by atoms with Crippen LogP contribution in [0.4, 0.5) is 5.69 Å². The zero-order chi connectivity index (χ0) is 34.3. The molecule has 0 saturated carbocycles. The number of para-hydroxylation sites is 1. The number of carbonyl (C=O) groups is 3. The number of ether oxygens (including phenoxy) is 2. The molecule has 0 radical (unpaired) electrons. The zero-order valence-electron chi connectivity index (χ0n) is 28.5. The van der Waals surface area contributed by atoms with E-state index in [1.54, 1.807) is 30.3 Å². The van der Waals surface area contributed by atoms with E-state index < -0.39 is 0 Å². The predicted octanol–water partition coefficient (Wildman–Crippen LogP) is 4.79. The van der Waals surface area contributed by atoms with Gasteiger partial charge in [0.2, 0.25) is 5.91 Å². The average Bonchev–Trinajstić information content (AvgIpc) is 3.10. The molecular weight excluding hydrogens is 608 g/mol. The molecule has 0 spiro atoms.